The zero-order chi connectivity index (χ0) is 9.38. The third-order valence-corrected chi connectivity index (χ3v) is 3.85. The first kappa shape index (κ1) is 8.49. The fourth-order valence-electron chi connectivity index (χ4n) is 2.79. The van der Waals surface area contributed by atoms with Crippen molar-refractivity contribution in [1.29, 1.82) is 0 Å². The topological polar surface area (TPSA) is 12.0 Å². The van der Waals surface area contributed by atoms with E-state index in [0.29, 0.717) is 0 Å². The highest BCUT2D eigenvalue weighted by Crippen LogP contribution is 2.41. The van der Waals surface area contributed by atoms with Gasteiger partial charge in [0.15, 0.2) is 0 Å². The molecule has 14 heavy (non-hydrogen) atoms. The minimum atomic E-state index is 0.800. The summed E-state index contributed by atoms with van der Waals surface area (Å²) in [6.07, 6.45) is 4.34. The molecule has 74 valence electrons. The van der Waals surface area contributed by atoms with E-state index in [2.05, 4.69) is 29.6 Å². The third-order valence-electron chi connectivity index (χ3n) is 3.85. The van der Waals surface area contributed by atoms with Crippen molar-refractivity contribution >= 4 is 0 Å². The molecule has 1 N–H and O–H groups in total. The van der Waals surface area contributed by atoms with E-state index in [1.165, 1.54) is 31.4 Å². The van der Waals surface area contributed by atoms with E-state index in [9.17, 15) is 0 Å². The summed E-state index contributed by atoms with van der Waals surface area (Å²) in [6, 6.07) is 8.95. The van der Waals surface area contributed by atoms with Gasteiger partial charge in [-0.3, -0.25) is 0 Å². The summed E-state index contributed by atoms with van der Waals surface area (Å²) in [7, 11) is 0. The Kier molecular flexibility index (Phi) is 2.06. The van der Waals surface area contributed by atoms with E-state index in [1.54, 1.807) is 5.56 Å². The molecule has 0 saturated heterocycles. The summed E-state index contributed by atoms with van der Waals surface area (Å²) in [6.45, 7) is 2.26. The second kappa shape index (κ2) is 3.39. The van der Waals surface area contributed by atoms with Crippen LogP contribution in [-0.4, -0.2) is 6.54 Å². The monoisotopic (exact) mass is 187 g/mol. The Bertz CT molecular complexity index is 328. The average molecular weight is 187 g/mol. The Morgan fingerprint density at radius 1 is 1.14 bits per heavy atom. The molecule has 0 bridgehead atoms. The Morgan fingerprint density at radius 3 is 2.79 bits per heavy atom. The van der Waals surface area contributed by atoms with Crippen molar-refractivity contribution in [2.75, 3.05) is 6.54 Å². The van der Waals surface area contributed by atoms with Gasteiger partial charge in [0, 0.05) is 13.1 Å². The fraction of sp³-hybridized carbons (Fsp3) is 0.538. The predicted molar refractivity (Wildman–Crippen MR) is 58.2 cm³/mol. The van der Waals surface area contributed by atoms with Crippen LogP contribution in [0.2, 0.25) is 0 Å². The molecule has 1 atom stereocenters. The normalized spacial score (nSPS) is 26.7. The van der Waals surface area contributed by atoms with E-state index in [4.69, 9.17) is 0 Å². The summed E-state index contributed by atoms with van der Waals surface area (Å²) < 4.78 is 0. The van der Waals surface area contributed by atoms with Crippen LogP contribution >= 0.6 is 0 Å². The van der Waals surface area contributed by atoms with Crippen LogP contribution in [0.4, 0.5) is 0 Å². The zero-order valence-corrected chi connectivity index (χ0v) is 8.50. The molecule has 0 aromatic heterocycles. The number of hydrogen-bond donors (Lipinski definition) is 1. The maximum absolute atomic E-state index is 3.54. The highest BCUT2D eigenvalue weighted by atomic mass is 14.9. The number of nitrogens with one attached hydrogen (secondary N) is 1. The maximum Gasteiger partial charge on any atom is 0.0208 e. The highest BCUT2D eigenvalue weighted by Gasteiger charge is 2.31. The minimum Gasteiger partial charge on any atom is -0.312 e. The minimum absolute atomic E-state index is 0.800. The van der Waals surface area contributed by atoms with Crippen molar-refractivity contribution in [3.05, 3.63) is 35.4 Å². The first-order valence-electron chi connectivity index (χ1n) is 5.73. The first-order chi connectivity index (χ1) is 6.95. The summed E-state index contributed by atoms with van der Waals surface area (Å²) in [4.78, 5) is 0. The molecule has 1 aromatic rings. The van der Waals surface area contributed by atoms with E-state index in [1.807, 2.05) is 0 Å². The average Bonchev–Trinajstić information content (AvgIpc) is 2.16. The second-order valence-corrected chi connectivity index (χ2v) is 4.63. The molecule has 1 nitrogen and oxygen atoms in total. The lowest BCUT2D eigenvalue weighted by molar-refractivity contribution is 0.247. The van der Waals surface area contributed by atoms with Crippen molar-refractivity contribution in [1.82, 2.24) is 5.32 Å². The molecular formula is C13H17N. The highest BCUT2D eigenvalue weighted by molar-refractivity contribution is 5.33. The molecule has 1 aromatic carbocycles. The van der Waals surface area contributed by atoms with Gasteiger partial charge in [0.1, 0.15) is 0 Å². The molecule has 1 aliphatic heterocycles. The van der Waals surface area contributed by atoms with Crippen molar-refractivity contribution in [2.45, 2.75) is 31.7 Å². The fourth-order valence-corrected chi connectivity index (χ4v) is 2.79. The van der Waals surface area contributed by atoms with Crippen LogP contribution in [0.15, 0.2) is 24.3 Å². The molecule has 3 rings (SSSR count). The number of fused-ring (bicyclic) bond motifs is 1. The Labute approximate surface area is 85.5 Å². The Balaban J connectivity index is 1.93. The van der Waals surface area contributed by atoms with E-state index < -0.39 is 0 Å². The van der Waals surface area contributed by atoms with E-state index >= 15 is 0 Å². The SMILES string of the molecule is c1ccc2c(c1)CNCC2C1CCC1. The molecule has 0 amide bonds. The van der Waals surface area contributed by atoms with Crippen molar-refractivity contribution in [3.8, 4) is 0 Å². The van der Waals surface area contributed by atoms with Crippen LogP contribution in [-0.2, 0) is 6.54 Å². The molecule has 1 fully saturated rings. The van der Waals surface area contributed by atoms with Crippen molar-refractivity contribution in [3.63, 3.8) is 0 Å². The quantitative estimate of drug-likeness (QED) is 0.712. The van der Waals surface area contributed by atoms with E-state index in [-0.39, 0.29) is 0 Å². The standard InChI is InChI=1S/C13H17N/c1-2-7-12-11(4-1)8-14-9-13(12)10-5-3-6-10/h1-2,4,7,10,13-14H,3,5-6,8-9H2. The summed E-state index contributed by atoms with van der Waals surface area (Å²) in [5, 5.41) is 3.54. The summed E-state index contributed by atoms with van der Waals surface area (Å²) in [5.74, 6) is 1.76. The van der Waals surface area contributed by atoms with Crippen LogP contribution in [0.3, 0.4) is 0 Å². The number of hydrogen-bond acceptors (Lipinski definition) is 1. The van der Waals surface area contributed by atoms with Gasteiger partial charge in [0.25, 0.3) is 0 Å². The van der Waals surface area contributed by atoms with Crippen LogP contribution in [0.1, 0.15) is 36.3 Å². The van der Waals surface area contributed by atoms with Crippen LogP contribution in [0, 0.1) is 5.92 Å². The van der Waals surface area contributed by atoms with Crippen LogP contribution in [0.25, 0.3) is 0 Å². The lowest BCUT2D eigenvalue weighted by Crippen LogP contribution is -2.34. The molecule has 0 radical (unpaired) electrons. The Morgan fingerprint density at radius 2 is 2.00 bits per heavy atom. The lowest BCUT2D eigenvalue weighted by atomic mass is 9.71. The van der Waals surface area contributed by atoms with Gasteiger partial charge in [0.05, 0.1) is 0 Å². The van der Waals surface area contributed by atoms with Crippen molar-refractivity contribution in [2.24, 2.45) is 5.92 Å². The summed E-state index contributed by atoms with van der Waals surface area (Å²) >= 11 is 0. The molecular weight excluding hydrogens is 170 g/mol. The summed E-state index contributed by atoms with van der Waals surface area (Å²) in [5.41, 5.74) is 3.15. The molecule has 0 spiro atoms. The Hall–Kier alpha value is -0.820. The van der Waals surface area contributed by atoms with Gasteiger partial charge >= 0.3 is 0 Å². The van der Waals surface area contributed by atoms with Gasteiger partial charge in [-0.2, -0.15) is 0 Å². The molecule has 1 unspecified atom stereocenters. The van der Waals surface area contributed by atoms with Gasteiger partial charge in [-0.05, 0) is 35.8 Å². The van der Waals surface area contributed by atoms with Gasteiger partial charge in [-0.25, -0.2) is 0 Å². The molecule has 1 aliphatic carbocycles. The molecule has 1 heterocycles. The predicted octanol–water partition coefficient (Wildman–Crippen LogP) is 2.67. The largest absolute Gasteiger partial charge is 0.312 e. The van der Waals surface area contributed by atoms with Crippen LogP contribution in [0.5, 0.6) is 0 Å². The number of rotatable bonds is 1. The number of benzene rings is 1. The van der Waals surface area contributed by atoms with Gasteiger partial charge in [-0.1, -0.05) is 30.7 Å². The molecule has 2 aliphatic rings. The molecule has 1 heteroatoms. The van der Waals surface area contributed by atoms with Crippen molar-refractivity contribution < 1.29 is 0 Å². The first-order valence-corrected chi connectivity index (χ1v) is 5.73. The van der Waals surface area contributed by atoms with Gasteiger partial charge in [0.2, 0.25) is 0 Å². The molecule has 1 saturated carbocycles. The third kappa shape index (κ3) is 1.27. The second-order valence-electron chi connectivity index (χ2n) is 4.63. The zero-order valence-electron chi connectivity index (χ0n) is 8.50. The van der Waals surface area contributed by atoms with Gasteiger partial charge in [-0.15, -0.1) is 0 Å². The maximum atomic E-state index is 3.54. The lowest BCUT2D eigenvalue weighted by Gasteiger charge is -2.37. The smallest absolute Gasteiger partial charge is 0.0208 e. The van der Waals surface area contributed by atoms with E-state index in [0.717, 1.165) is 18.4 Å². The van der Waals surface area contributed by atoms with Gasteiger partial charge < -0.3 is 5.32 Å². The van der Waals surface area contributed by atoms with Crippen LogP contribution < -0.4 is 5.32 Å².